The van der Waals surface area contributed by atoms with Crippen LogP contribution in [0.25, 0.3) is 0 Å². The Morgan fingerprint density at radius 3 is 2.29 bits per heavy atom. The van der Waals surface area contributed by atoms with Gasteiger partial charge in [-0.1, -0.05) is 23.7 Å². The first-order chi connectivity index (χ1) is 15.0. The van der Waals surface area contributed by atoms with Crippen LogP contribution in [0.1, 0.15) is 29.8 Å². The standard InChI is InChI=1S/C23H27ClN2O5/c1-3-29-20-10-9-17(15-18(20)16-31-21-8-6-5-7-19(21)24)22(27)25-11-13-26(14-12-25)23(28)30-4-2/h5-10,15H,3-4,11-14,16H2,1-2H3. The van der Waals surface area contributed by atoms with Gasteiger partial charge in [0, 0.05) is 37.3 Å². The summed E-state index contributed by atoms with van der Waals surface area (Å²) < 4.78 is 16.6. The molecule has 1 aliphatic heterocycles. The molecule has 31 heavy (non-hydrogen) atoms. The van der Waals surface area contributed by atoms with Gasteiger partial charge in [-0.25, -0.2) is 4.79 Å². The predicted octanol–water partition coefficient (Wildman–Crippen LogP) is 4.23. The molecule has 0 radical (unpaired) electrons. The van der Waals surface area contributed by atoms with E-state index in [0.717, 1.165) is 5.56 Å². The monoisotopic (exact) mass is 446 g/mol. The lowest BCUT2D eigenvalue weighted by Crippen LogP contribution is -2.50. The minimum Gasteiger partial charge on any atom is -0.493 e. The number of hydrogen-bond acceptors (Lipinski definition) is 5. The molecule has 2 amide bonds. The number of carbonyl (C=O) groups excluding carboxylic acids is 2. The molecule has 0 N–H and O–H groups in total. The third-order valence-electron chi connectivity index (χ3n) is 4.92. The molecule has 0 atom stereocenters. The van der Waals surface area contributed by atoms with Crippen LogP contribution in [0.3, 0.4) is 0 Å². The average Bonchev–Trinajstić information content (AvgIpc) is 2.79. The lowest BCUT2D eigenvalue weighted by Gasteiger charge is -2.34. The Labute approximate surface area is 187 Å². The molecule has 8 heteroatoms. The lowest BCUT2D eigenvalue weighted by molar-refractivity contribution is 0.0570. The quantitative estimate of drug-likeness (QED) is 0.636. The molecule has 0 unspecified atom stereocenters. The molecule has 1 heterocycles. The van der Waals surface area contributed by atoms with Gasteiger partial charge < -0.3 is 24.0 Å². The zero-order valence-electron chi connectivity index (χ0n) is 17.8. The van der Waals surface area contributed by atoms with Crippen molar-refractivity contribution < 1.29 is 23.8 Å². The van der Waals surface area contributed by atoms with Crippen molar-refractivity contribution in [3.63, 3.8) is 0 Å². The molecule has 0 spiro atoms. The van der Waals surface area contributed by atoms with Crippen molar-refractivity contribution in [3.05, 3.63) is 58.6 Å². The number of amides is 2. The van der Waals surface area contributed by atoms with Gasteiger partial charge in [-0.3, -0.25) is 4.79 Å². The molecule has 2 aromatic rings. The van der Waals surface area contributed by atoms with Crippen LogP contribution in [0.5, 0.6) is 11.5 Å². The van der Waals surface area contributed by atoms with E-state index in [-0.39, 0.29) is 18.6 Å². The number of halogens is 1. The fraction of sp³-hybridized carbons (Fsp3) is 0.391. The smallest absolute Gasteiger partial charge is 0.409 e. The third-order valence-corrected chi connectivity index (χ3v) is 5.23. The number of para-hydroxylation sites is 1. The topological polar surface area (TPSA) is 68.3 Å². The zero-order chi connectivity index (χ0) is 22.2. The van der Waals surface area contributed by atoms with Crippen LogP contribution in [0.4, 0.5) is 4.79 Å². The summed E-state index contributed by atoms with van der Waals surface area (Å²) in [4.78, 5) is 28.3. The molecule has 166 valence electrons. The van der Waals surface area contributed by atoms with E-state index in [1.54, 1.807) is 47.1 Å². The fourth-order valence-electron chi connectivity index (χ4n) is 3.33. The van der Waals surface area contributed by atoms with Gasteiger partial charge in [0.05, 0.1) is 18.2 Å². The summed E-state index contributed by atoms with van der Waals surface area (Å²) in [5.41, 5.74) is 1.31. The molecule has 0 bridgehead atoms. The number of benzene rings is 2. The maximum Gasteiger partial charge on any atom is 0.409 e. The van der Waals surface area contributed by atoms with E-state index in [0.29, 0.717) is 61.5 Å². The van der Waals surface area contributed by atoms with Crippen LogP contribution in [0, 0.1) is 0 Å². The van der Waals surface area contributed by atoms with E-state index in [1.165, 1.54) is 0 Å². The van der Waals surface area contributed by atoms with Crippen LogP contribution in [0.15, 0.2) is 42.5 Å². The van der Waals surface area contributed by atoms with Gasteiger partial charge in [0.15, 0.2) is 0 Å². The average molecular weight is 447 g/mol. The van der Waals surface area contributed by atoms with Gasteiger partial charge in [-0.15, -0.1) is 0 Å². The molecule has 1 fully saturated rings. The van der Waals surface area contributed by atoms with E-state index < -0.39 is 0 Å². The van der Waals surface area contributed by atoms with E-state index in [2.05, 4.69) is 0 Å². The number of nitrogens with zero attached hydrogens (tertiary/aromatic N) is 2. The highest BCUT2D eigenvalue weighted by atomic mass is 35.5. The van der Waals surface area contributed by atoms with Crippen molar-refractivity contribution in [2.45, 2.75) is 20.5 Å². The Morgan fingerprint density at radius 2 is 1.61 bits per heavy atom. The predicted molar refractivity (Wildman–Crippen MR) is 118 cm³/mol. The first-order valence-electron chi connectivity index (χ1n) is 10.4. The van der Waals surface area contributed by atoms with Crippen molar-refractivity contribution >= 4 is 23.6 Å². The van der Waals surface area contributed by atoms with Crippen LogP contribution in [0.2, 0.25) is 5.02 Å². The molecular formula is C23H27ClN2O5. The van der Waals surface area contributed by atoms with Crippen molar-refractivity contribution in [1.82, 2.24) is 9.80 Å². The number of ether oxygens (including phenoxy) is 3. The summed E-state index contributed by atoms with van der Waals surface area (Å²) in [6.07, 6.45) is -0.338. The molecule has 7 nitrogen and oxygen atoms in total. The number of piperazine rings is 1. The molecule has 1 aliphatic rings. The second kappa shape index (κ2) is 10.9. The van der Waals surface area contributed by atoms with Gasteiger partial charge in [0.1, 0.15) is 18.1 Å². The maximum atomic E-state index is 13.0. The Morgan fingerprint density at radius 1 is 0.903 bits per heavy atom. The second-order valence-electron chi connectivity index (χ2n) is 6.95. The summed E-state index contributed by atoms with van der Waals surface area (Å²) in [5, 5.41) is 0.521. The van der Waals surface area contributed by atoms with Gasteiger partial charge in [0.2, 0.25) is 0 Å². The summed E-state index contributed by atoms with van der Waals surface area (Å²) in [6, 6.07) is 12.6. The number of rotatable bonds is 7. The lowest BCUT2D eigenvalue weighted by atomic mass is 10.1. The summed E-state index contributed by atoms with van der Waals surface area (Å²) in [5.74, 6) is 1.14. The highest BCUT2D eigenvalue weighted by Gasteiger charge is 2.26. The van der Waals surface area contributed by atoms with Crippen molar-refractivity contribution in [1.29, 1.82) is 0 Å². The Hall–Kier alpha value is -2.93. The van der Waals surface area contributed by atoms with Crippen molar-refractivity contribution in [2.24, 2.45) is 0 Å². The van der Waals surface area contributed by atoms with E-state index >= 15 is 0 Å². The normalized spacial score (nSPS) is 13.6. The molecule has 3 rings (SSSR count). The maximum absolute atomic E-state index is 13.0. The first kappa shape index (κ1) is 22.7. The Bertz CT molecular complexity index is 913. The highest BCUT2D eigenvalue weighted by molar-refractivity contribution is 6.32. The zero-order valence-corrected chi connectivity index (χ0v) is 18.6. The van der Waals surface area contributed by atoms with E-state index in [9.17, 15) is 9.59 Å². The molecule has 0 aliphatic carbocycles. The van der Waals surface area contributed by atoms with Gasteiger partial charge in [0.25, 0.3) is 5.91 Å². The van der Waals surface area contributed by atoms with Crippen molar-refractivity contribution in [2.75, 3.05) is 39.4 Å². The minimum atomic E-state index is -0.338. The van der Waals surface area contributed by atoms with Crippen LogP contribution >= 0.6 is 11.6 Å². The van der Waals surface area contributed by atoms with E-state index in [1.807, 2.05) is 19.1 Å². The minimum absolute atomic E-state index is 0.0921. The van der Waals surface area contributed by atoms with Crippen LogP contribution < -0.4 is 9.47 Å². The fourth-order valence-corrected chi connectivity index (χ4v) is 3.52. The van der Waals surface area contributed by atoms with Gasteiger partial charge in [-0.2, -0.15) is 0 Å². The first-order valence-corrected chi connectivity index (χ1v) is 10.7. The molecule has 2 aromatic carbocycles. The largest absolute Gasteiger partial charge is 0.493 e. The Balaban J connectivity index is 1.70. The second-order valence-corrected chi connectivity index (χ2v) is 7.36. The SMILES string of the molecule is CCOC(=O)N1CCN(C(=O)c2ccc(OCC)c(COc3ccccc3Cl)c2)CC1. The molecule has 0 saturated carbocycles. The summed E-state index contributed by atoms with van der Waals surface area (Å²) >= 11 is 6.17. The molecular weight excluding hydrogens is 420 g/mol. The third kappa shape index (κ3) is 5.82. The molecule has 1 saturated heterocycles. The van der Waals surface area contributed by atoms with Gasteiger partial charge in [-0.05, 0) is 44.2 Å². The van der Waals surface area contributed by atoms with Gasteiger partial charge >= 0.3 is 6.09 Å². The van der Waals surface area contributed by atoms with E-state index in [4.69, 9.17) is 25.8 Å². The van der Waals surface area contributed by atoms with Crippen LogP contribution in [-0.2, 0) is 11.3 Å². The number of carbonyl (C=O) groups is 2. The molecule has 0 aromatic heterocycles. The Kier molecular flexibility index (Phi) is 8.00. The summed E-state index contributed by atoms with van der Waals surface area (Å²) in [6.45, 7) is 6.54. The highest BCUT2D eigenvalue weighted by Crippen LogP contribution is 2.27. The summed E-state index contributed by atoms with van der Waals surface area (Å²) in [7, 11) is 0. The van der Waals surface area contributed by atoms with Crippen LogP contribution in [-0.4, -0.2) is 61.2 Å². The number of hydrogen-bond donors (Lipinski definition) is 0. The van der Waals surface area contributed by atoms with Crippen molar-refractivity contribution in [3.8, 4) is 11.5 Å².